The molecule has 1 unspecified atom stereocenters. The minimum Gasteiger partial charge on any atom is -0.416 e. The molecule has 9 rings (SSSR count). The van der Waals surface area contributed by atoms with Crippen molar-refractivity contribution in [2.24, 2.45) is 0 Å². The Labute approximate surface area is 315 Å². The third-order valence-electron chi connectivity index (χ3n) is 10.1. The number of nitro groups is 2. The van der Waals surface area contributed by atoms with Crippen molar-refractivity contribution in [3.05, 3.63) is 176 Å². The zero-order valence-corrected chi connectivity index (χ0v) is 31.7. The molecule has 1 aliphatic heterocycles. The highest BCUT2D eigenvalue weighted by Crippen LogP contribution is 2.46. The van der Waals surface area contributed by atoms with Crippen LogP contribution in [0.2, 0.25) is 6.04 Å². The van der Waals surface area contributed by atoms with Crippen LogP contribution in [0, 0.1) is 20.2 Å². The van der Waals surface area contributed by atoms with Gasteiger partial charge in [-0.15, -0.1) is 0 Å². The largest absolute Gasteiger partial charge is 0.416 e. The number of fused-ring (bicyclic) bond motifs is 6. The topological polar surface area (TPSA) is 114 Å². The van der Waals surface area contributed by atoms with Crippen molar-refractivity contribution in [1.29, 1.82) is 0 Å². The molecule has 0 aromatic heterocycles. The van der Waals surface area contributed by atoms with E-state index >= 15 is 0 Å². The first-order valence-electron chi connectivity index (χ1n) is 17.3. The Balaban J connectivity index is 1.22. The Morgan fingerprint density at radius 3 is 1.85 bits per heavy atom. The highest BCUT2D eigenvalue weighted by atomic mass is 29.6. The van der Waals surface area contributed by atoms with E-state index in [1.807, 2.05) is 12.1 Å². The summed E-state index contributed by atoms with van der Waals surface area (Å²) in [5, 5.41) is 34.7. The number of rotatable bonds is 9. The predicted molar refractivity (Wildman–Crippen MR) is 215 cm³/mol. The van der Waals surface area contributed by atoms with Crippen molar-refractivity contribution in [1.82, 2.24) is 0 Å². The summed E-state index contributed by atoms with van der Waals surface area (Å²) in [4.78, 5) is 23.1. The molecule has 1 heterocycles. The standard InChI is InChI=1S/C42H29N2O7Si3/c45-43(46)39-15-7-4-12-31(39)24-49-42(26-54(53-52-51-42)50-25-32-13-5-8-16-40(32)44(47)48)41-35-14-6-3-11-29(35)22-38-36(41)18-17-30-21-33-19-27-9-1-2-10-28(27)20-34(33)23-37(30)38/h1-23H,24-26H2. The number of hydrogen-bond donors (Lipinski definition) is 0. The SMILES string of the molecule is O=[N+]([O-])c1ccccc1CO[Si]1CC(OCc2ccccc2[N+](=O)[O-])(c2c3ccccc3cc3c2ccc2cc4cc5ccccc5cc4cc23)O[Si][Si]1. The predicted octanol–water partition coefficient (Wildman–Crippen LogP) is 9.61. The van der Waals surface area contributed by atoms with Crippen LogP contribution in [0.4, 0.5) is 11.4 Å². The van der Waals surface area contributed by atoms with Gasteiger partial charge in [0, 0.05) is 23.7 Å². The van der Waals surface area contributed by atoms with Gasteiger partial charge in [-0.25, -0.2) is 0 Å². The minimum absolute atomic E-state index is 0.0179. The van der Waals surface area contributed by atoms with Gasteiger partial charge in [0.15, 0.2) is 14.3 Å². The smallest absolute Gasteiger partial charge is 0.274 e. The van der Waals surface area contributed by atoms with Crippen molar-refractivity contribution in [3.63, 3.8) is 0 Å². The molecule has 0 saturated carbocycles. The zero-order valence-electron chi connectivity index (χ0n) is 28.7. The second-order valence-corrected chi connectivity index (χ2v) is 20.7. The summed E-state index contributed by atoms with van der Waals surface area (Å²) < 4.78 is 20.4. The molecule has 261 valence electrons. The summed E-state index contributed by atoms with van der Waals surface area (Å²) in [6, 6.07) is 45.6. The summed E-state index contributed by atoms with van der Waals surface area (Å²) in [6.07, 6.45) is 0. The number of nitro benzene ring substituents is 2. The van der Waals surface area contributed by atoms with Crippen molar-refractivity contribution in [2.75, 3.05) is 0 Å². The number of para-hydroxylation sites is 2. The molecule has 8 aromatic rings. The summed E-state index contributed by atoms with van der Waals surface area (Å²) in [6.45, 7) is 0.0197. The average Bonchev–Trinajstić information content (AvgIpc) is 3.20. The van der Waals surface area contributed by atoms with Gasteiger partial charge in [-0.2, -0.15) is 0 Å². The van der Waals surface area contributed by atoms with Gasteiger partial charge in [0.25, 0.3) is 11.4 Å². The Bertz CT molecular complexity index is 2800. The third-order valence-corrected chi connectivity index (χ3v) is 18.0. The molecule has 1 aliphatic rings. The Morgan fingerprint density at radius 2 is 1.15 bits per heavy atom. The fraction of sp³-hybridized carbons (Fsp3) is 0.0952. The molecule has 5 radical (unpaired) electrons. The van der Waals surface area contributed by atoms with Gasteiger partial charge in [-0.3, -0.25) is 20.2 Å². The highest BCUT2D eigenvalue weighted by molar-refractivity contribution is 7.33. The lowest BCUT2D eigenvalue weighted by Gasteiger charge is -2.41. The minimum atomic E-state index is -1.66. The Hall–Kier alpha value is -5.61. The van der Waals surface area contributed by atoms with E-state index < -0.39 is 19.3 Å². The second-order valence-electron chi connectivity index (χ2n) is 13.3. The lowest BCUT2D eigenvalue weighted by Crippen LogP contribution is -2.50. The maximum absolute atomic E-state index is 12.1. The molecule has 0 bridgehead atoms. The third kappa shape index (κ3) is 6.18. The Kier molecular flexibility index (Phi) is 8.85. The van der Waals surface area contributed by atoms with Crippen molar-refractivity contribution < 1.29 is 23.4 Å². The van der Waals surface area contributed by atoms with Crippen LogP contribution in [0.3, 0.4) is 0 Å². The van der Waals surface area contributed by atoms with Crippen LogP contribution in [0.15, 0.2) is 140 Å². The number of nitrogens with zero attached hydrogens (tertiary/aromatic N) is 2. The molecule has 0 amide bonds. The van der Waals surface area contributed by atoms with Gasteiger partial charge >= 0.3 is 0 Å². The van der Waals surface area contributed by atoms with E-state index in [1.165, 1.54) is 22.9 Å². The van der Waals surface area contributed by atoms with E-state index in [2.05, 4.69) is 78.9 Å². The molecule has 8 aromatic carbocycles. The number of hydrogen-bond acceptors (Lipinski definition) is 7. The van der Waals surface area contributed by atoms with E-state index in [1.54, 1.807) is 36.4 Å². The van der Waals surface area contributed by atoms with Gasteiger partial charge in [0.1, 0.15) is 0 Å². The van der Waals surface area contributed by atoms with Crippen molar-refractivity contribution in [2.45, 2.75) is 25.0 Å². The molecule has 9 nitrogen and oxygen atoms in total. The molecule has 1 atom stereocenters. The molecule has 1 saturated heterocycles. The fourth-order valence-electron chi connectivity index (χ4n) is 7.54. The van der Waals surface area contributed by atoms with Crippen LogP contribution in [0.5, 0.6) is 0 Å². The fourth-order valence-corrected chi connectivity index (χ4v) is 14.9. The van der Waals surface area contributed by atoms with E-state index in [0.29, 0.717) is 25.7 Å². The van der Waals surface area contributed by atoms with Crippen molar-refractivity contribution in [3.8, 4) is 0 Å². The zero-order chi connectivity index (χ0) is 36.8. The van der Waals surface area contributed by atoms with Crippen LogP contribution >= 0.6 is 0 Å². The monoisotopic (exact) mass is 757 g/mol. The number of benzene rings is 8. The molecule has 1 fully saturated rings. The molecule has 54 heavy (non-hydrogen) atoms. The van der Waals surface area contributed by atoms with E-state index in [4.69, 9.17) is 13.6 Å². The summed E-state index contributed by atoms with van der Waals surface area (Å²) in [7, 11) is -1.27. The molecule has 0 spiro atoms. The first-order chi connectivity index (χ1) is 26.4. The van der Waals surface area contributed by atoms with Gasteiger partial charge < -0.3 is 13.6 Å². The molecule has 12 heteroatoms. The van der Waals surface area contributed by atoms with Crippen LogP contribution in [0.1, 0.15) is 16.7 Å². The van der Waals surface area contributed by atoms with Crippen LogP contribution in [0.25, 0.3) is 53.9 Å². The highest BCUT2D eigenvalue weighted by Gasteiger charge is 2.45. The maximum atomic E-state index is 12.1. The first-order valence-corrected chi connectivity index (χ1v) is 22.9. The van der Waals surface area contributed by atoms with Crippen LogP contribution < -0.4 is 0 Å². The normalized spacial score (nSPS) is 16.4. The van der Waals surface area contributed by atoms with Crippen LogP contribution in [-0.4, -0.2) is 36.2 Å². The van der Waals surface area contributed by atoms with Gasteiger partial charge in [0.2, 0.25) is 9.28 Å². The molecule has 0 N–H and O–H groups in total. The summed E-state index contributed by atoms with van der Waals surface area (Å²) in [5.74, 6) is -1.33. The van der Waals surface area contributed by atoms with E-state index in [9.17, 15) is 20.2 Å². The van der Waals surface area contributed by atoms with Gasteiger partial charge in [0.05, 0.1) is 42.7 Å². The van der Waals surface area contributed by atoms with Crippen LogP contribution in [-0.2, 0) is 32.6 Å². The Morgan fingerprint density at radius 1 is 0.593 bits per heavy atom. The molecular formula is C42H29N2O7Si3. The van der Waals surface area contributed by atoms with Gasteiger partial charge in [-0.1, -0.05) is 84.9 Å². The maximum Gasteiger partial charge on any atom is 0.274 e. The van der Waals surface area contributed by atoms with Gasteiger partial charge in [-0.05, 0) is 96.3 Å². The first kappa shape index (κ1) is 34.2. The number of ether oxygens (including phenoxy) is 1. The molecular weight excluding hydrogens is 729 g/mol. The quantitative estimate of drug-likeness (QED) is 0.0474. The van der Waals surface area contributed by atoms with Crippen molar-refractivity contribution >= 4 is 91.6 Å². The summed E-state index contributed by atoms with van der Waals surface area (Å²) >= 11 is 0. The average molecular weight is 758 g/mol. The van der Waals surface area contributed by atoms with E-state index in [0.717, 1.165) is 48.7 Å². The van der Waals surface area contributed by atoms with E-state index in [-0.39, 0.29) is 38.8 Å². The second kappa shape index (κ2) is 14.0. The lowest BCUT2D eigenvalue weighted by atomic mass is 9.88. The molecule has 0 aliphatic carbocycles. The lowest BCUT2D eigenvalue weighted by molar-refractivity contribution is -0.386. The summed E-state index contributed by atoms with van der Waals surface area (Å²) in [5.41, 5.74) is 1.78.